The zero-order valence-corrected chi connectivity index (χ0v) is 39.2. The van der Waals surface area contributed by atoms with Crippen LogP contribution < -0.4 is 9.47 Å². The molecule has 5 heterocycles. The van der Waals surface area contributed by atoms with Gasteiger partial charge in [0.1, 0.15) is 24.7 Å². The highest BCUT2D eigenvalue weighted by atomic mass is 16.5. The van der Waals surface area contributed by atoms with Gasteiger partial charge in [-0.3, -0.25) is 4.90 Å². The molecule has 7 aromatic carbocycles. The van der Waals surface area contributed by atoms with E-state index in [2.05, 4.69) is 132 Å². The van der Waals surface area contributed by atoms with Crippen LogP contribution in [0, 0.1) is 0 Å². The maximum atomic E-state index is 6.15. The Kier molecular flexibility index (Phi) is 14.0. The molecule has 69 heavy (non-hydrogen) atoms. The van der Waals surface area contributed by atoms with E-state index in [-0.39, 0.29) is 0 Å². The number of pyridine rings is 2. The van der Waals surface area contributed by atoms with Crippen molar-refractivity contribution in [3.8, 4) is 34.0 Å². The zero-order chi connectivity index (χ0) is 46.2. The van der Waals surface area contributed by atoms with Crippen molar-refractivity contribution in [1.29, 1.82) is 0 Å². The summed E-state index contributed by atoms with van der Waals surface area (Å²) in [7, 11) is 0. The summed E-state index contributed by atoms with van der Waals surface area (Å²) in [5, 5.41) is 10.1. The molecule has 1 aliphatic carbocycles. The minimum absolute atomic E-state index is 0.456. The molecule has 4 aliphatic rings. The zero-order valence-electron chi connectivity index (χ0n) is 39.2. The summed E-state index contributed by atoms with van der Waals surface area (Å²) in [5.74, 6) is 2.12. The van der Waals surface area contributed by atoms with Crippen molar-refractivity contribution in [2.45, 2.75) is 37.6 Å². The van der Waals surface area contributed by atoms with Crippen LogP contribution in [0.2, 0.25) is 0 Å². The summed E-state index contributed by atoms with van der Waals surface area (Å²) < 4.78 is 36.2. The van der Waals surface area contributed by atoms with Crippen LogP contribution in [-0.2, 0) is 18.9 Å². The van der Waals surface area contributed by atoms with Crippen molar-refractivity contribution in [2.24, 2.45) is 0 Å². The van der Waals surface area contributed by atoms with Crippen LogP contribution in [0.5, 0.6) is 11.5 Å². The van der Waals surface area contributed by atoms with Gasteiger partial charge in [0, 0.05) is 41.0 Å². The van der Waals surface area contributed by atoms with E-state index in [4.69, 9.17) is 38.4 Å². The van der Waals surface area contributed by atoms with Crippen LogP contribution in [0.1, 0.15) is 37.2 Å². The van der Waals surface area contributed by atoms with Gasteiger partial charge in [0.05, 0.1) is 75.3 Å². The first-order chi connectivity index (χ1) is 34.2. The summed E-state index contributed by atoms with van der Waals surface area (Å²) in [4.78, 5) is 12.8. The molecule has 9 heteroatoms. The average Bonchev–Trinajstić information content (AvgIpc) is 3.41. The minimum Gasteiger partial charge on any atom is -0.491 e. The summed E-state index contributed by atoms with van der Waals surface area (Å²) in [6.07, 6.45) is 4.62. The van der Waals surface area contributed by atoms with E-state index < -0.39 is 0 Å². The van der Waals surface area contributed by atoms with Crippen LogP contribution >= 0.6 is 0 Å². The maximum absolute atomic E-state index is 6.15. The monoisotopic (exact) mass is 917 g/mol. The van der Waals surface area contributed by atoms with E-state index in [1.807, 2.05) is 24.3 Å². The number of hydrogen-bond donors (Lipinski definition) is 0. The van der Waals surface area contributed by atoms with E-state index in [1.165, 1.54) is 37.9 Å². The number of aromatic nitrogens is 2. The van der Waals surface area contributed by atoms with Crippen molar-refractivity contribution >= 4 is 54.1 Å². The van der Waals surface area contributed by atoms with Crippen LogP contribution in [0.15, 0.2) is 152 Å². The molecule has 9 aromatic rings. The van der Waals surface area contributed by atoms with Crippen molar-refractivity contribution in [2.75, 3.05) is 79.2 Å². The van der Waals surface area contributed by atoms with Crippen LogP contribution in [0.4, 0.5) is 0 Å². The average molecular weight is 918 g/mol. The number of fused-ring (bicyclic) bond motifs is 8. The first-order valence-electron chi connectivity index (χ1n) is 24.8. The van der Waals surface area contributed by atoms with Gasteiger partial charge >= 0.3 is 0 Å². The quantitative estimate of drug-likeness (QED) is 0.157. The fourth-order valence-corrected chi connectivity index (χ4v) is 10.4. The van der Waals surface area contributed by atoms with E-state index in [0.29, 0.717) is 78.0 Å². The van der Waals surface area contributed by atoms with Gasteiger partial charge in [0.15, 0.2) is 0 Å². The Labute approximate surface area is 403 Å². The number of rotatable bonds is 2. The van der Waals surface area contributed by atoms with Gasteiger partial charge < -0.3 is 28.4 Å². The first kappa shape index (κ1) is 45.0. The SMILES string of the molecule is c1ccc2c(c1)c1ccccc1c1cc(C3CCC(N4CCOCCOCCOc5ccc(cc5)-c5ccc6ccc7ccc(nc7c6n5)-c5ccc(cc5)OCCOCCOCC4)CC3)ccc21. The summed E-state index contributed by atoms with van der Waals surface area (Å²) in [6, 6.07) is 54.2. The van der Waals surface area contributed by atoms with Gasteiger partial charge in [0.2, 0.25) is 0 Å². The van der Waals surface area contributed by atoms with Gasteiger partial charge in [-0.25, -0.2) is 9.97 Å². The second kappa shape index (κ2) is 21.5. The van der Waals surface area contributed by atoms with E-state index in [1.54, 1.807) is 0 Å². The van der Waals surface area contributed by atoms with Crippen molar-refractivity contribution < 1.29 is 28.4 Å². The van der Waals surface area contributed by atoms with Gasteiger partial charge in [-0.15, -0.1) is 0 Å². The molecule has 9 nitrogen and oxygen atoms in total. The molecule has 13 rings (SSSR count). The molecule has 350 valence electrons. The Morgan fingerprint density at radius 2 is 0.797 bits per heavy atom. The third-order valence-corrected chi connectivity index (χ3v) is 14.1. The molecular weight excluding hydrogens is 859 g/mol. The summed E-state index contributed by atoms with van der Waals surface area (Å²) in [6.45, 7) is 6.97. The molecule has 1 saturated carbocycles. The molecule has 8 bridgehead atoms. The summed E-state index contributed by atoms with van der Waals surface area (Å²) in [5.41, 5.74) is 6.98. The Morgan fingerprint density at radius 1 is 0.377 bits per heavy atom. The van der Waals surface area contributed by atoms with Crippen LogP contribution in [0.3, 0.4) is 0 Å². The van der Waals surface area contributed by atoms with Crippen LogP contribution in [0.25, 0.3) is 76.6 Å². The van der Waals surface area contributed by atoms with Crippen molar-refractivity contribution in [3.63, 3.8) is 0 Å². The standard InChI is InChI=1S/C60H59N3O6/c1-2-7-53-51(5-1)52-6-3-4-8-54(52)56-41-47(17-26-55(53)56)42-11-20-48(21-12-42)63-29-31-64-33-35-66-37-39-68-49-22-13-43(14-23-49)57-27-18-45-9-10-46-19-28-58(62-60(46)59(45)61-57)44-15-24-50(25-16-44)69-40-38-67-36-34-65-32-30-63/h1-10,13-19,22-28,41-42,48H,11-12,20-21,29-40H2. The highest BCUT2D eigenvalue weighted by molar-refractivity contribution is 6.25. The number of ether oxygens (including phenoxy) is 6. The van der Waals surface area contributed by atoms with Gasteiger partial charge in [-0.2, -0.15) is 0 Å². The topological polar surface area (TPSA) is 84.4 Å². The Morgan fingerprint density at radius 3 is 1.29 bits per heavy atom. The van der Waals surface area contributed by atoms with Crippen LogP contribution in [-0.4, -0.2) is 100 Å². The number of hydrogen-bond acceptors (Lipinski definition) is 9. The summed E-state index contributed by atoms with van der Waals surface area (Å²) >= 11 is 0. The Hall–Kier alpha value is -6.46. The fourth-order valence-electron chi connectivity index (χ4n) is 10.4. The lowest BCUT2D eigenvalue weighted by Gasteiger charge is -2.37. The molecule has 1 fully saturated rings. The van der Waals surface area contributed by atoms with E-state index in [9.17, 15) is 0 Å². The normalized spacial score (nSPS) is 18.9. The van der Waals surface area contributed by atoms with E-state index in [0.717, 1.165) is 94.6 Å². The largest absolute Gasteiger partial charge is 0.491 e. The lowest BCUT2D eigenvalue weighted by Crippen LogP contribution is -2.42. The molecule has 0 atom stereocenters. The maximum Gasteiger partial charge on any atom is 0.119 e. The van der Waals surface area contributed by atoms with Gasteiger partial charge in [-0.1, -0.05) is 91.0 Å². The second-order valence-electron chi connectivity index (χ2n) is 18.2. The smallest absolute Gasteiger partial charge is 0.119 e. The molecule has 0 saturated heterocycles. The minimum atomic E-state index is 0.456. The Balaban J connectivity index is 0.727. The van der Waals surface area contributed by atoms with E-state index >= 15 is 0 Å². The predicted octanol–water partition coefficient (Wildman–Crippen LogP) is 12.4. The molecule has 0 spiro atoms. The lowest BCUT2D eigenvalue weighted by molar-refractivity contribution is 0.00601. The lowest BCUT2D eigenvalue weighted by atomic mass is 9.80. The third kappa shape index (κ3) is 10.3. The molecule has 0 unspecified atom stereocenters. The molecule has 2 aromatic heterocycles. The van der Waals surface area contributed by atoms with Gasteiger partial charge in [-0.05, 0) is 130 Å². The molecular formula is C60H59N3O6. The molecule has 0 radical (unpaired) electrons. The number of benzene rings is 7. The highest BCUT2D eigenvalue weighted by Gasteiger charge is 2.27. The van der Waals surface area contributed by atoms with Gasteiger partial charge in [0.25, 0.3) is 0 Å². The Bertz CT molecular complexity index is 3010. The second-order valence-corrected chi connectivity index (χ2v) is 18.2. The highest BCUT2D eigenvalue weighted by Crippen LogP contribution is 2.40. The molecule has 0 N–H and O–H groups in total. The third-order valence-electron chi connectivity index (χ3n) is 14.1. The van der Waals surface area contributed by atoms with Crippen molar-refractivity contribution in [3.05, 3.63) is 157 Å². The predicted molar refractivity (Wildman–Crippen MR) is 278 cm³/mol. The number of nitrogens with zero attached hydrogens (tertiary/aromatic N) is 3. The molecule has 0 amide bonds. The molecule has 3 aliphatic heterocycles. The van der Waals surface area contributed by atoms with Crippen molar-refractivity contribution in [1.82, 2.24) is 14.9 Å². The fraction of sp³-hybridized carbons (Fsp3) is 0.300. The first-order valence-corrected chi connectivity index (χ1v) is 24.8.